The fourth-order valence-electron chi connectivity index (χ4n) is 3.64. The van der Waals surface area contributed by atoms with E-state index in [9.17, 15) is 4.79 Å². The molecule has 1 aliphatic heterocycles. The lowest BCUT2D eigenvalue weighted by molar-refractivity contribution is 0.0903. The molecule has 2 aromatic carbocycles. The molecule has 1 fully saturated rings. The van der Waals surface area contributed by atoms with Crippen molar-refractivity contribution in [2.75, 3.05) is 13.1 Å². The highest BCUT2D eigenvalue weighted by atomic mass is 16.4. The fourth-order valence-corrected chi connectivity index (χ4v) is 3.64. The van der Waals surface area contributed by atoms with E-state index in [1.165, 1.54) is 5.56 Å². The second kappa shape index (κ2) is 8.40. The summed E-state index contributed by atoms with van der Waals surface area (Å²) in [5, 5.41) is 3.14. The molecule has 0 aliphatic carbocycles. The summed E-state index contributed by atoms with van der Waals surface area (Å²) in [6, 6.07) is 20.3. The van der Waals surface area contributed by atoms with E-state index >= 15 is 0 Å². The molecule has 0 radical (unpaired) electrons. The van der Waals surface area contributed by atoms with Gasteiger partial charge in [-0.05, 0) is 37.5 Å². The second-order valence-electron chi connectivity index (χ2n) is 7.30. The Balaban J connectivity index is 1.33. The van der Waals surface area contributed by atoms with Gasteiger partial charge in [-0.3, -0.25) is 9.69 Å². The first-order chi connectivity index (χ1) is 13.7. The van der Waals surface area contributed by atoms with Crippen LogP contribution in [0.15, 0.2) is 65.1 Å². The van der Waals surface area contributed by atoms with E-state index in [1.54, 1.807) is 6.92 Å². The molecule has 5 nitrogen and oxygen atoms in total. The summed E-state index contributed by atoms with van der Waals surface area (Å²) in [6.07, 6.45) is 1.89. The van der Waals surface area contributed by atoms with Gasteiger partial charge in [-0.25, -0.2) is 4.98 Å². The van der Waals surface area contributed by atoms with E-state index in [-0.39, 0.29) is 11.9 Å². The molecule has 1 aliphatic rings. The van der Waals surface area contributed by atoms with E-state index in [0.717, 1.165) is 38.0 Å². The zero-order valence-corrected chi connectivity index (χ0v) is 16.1. The Labute approximate surface area is 165 Å². The van der Waals surface area contributed by atoms with Crippen LogP contribution in [0.25, 0.3) is 11.5 Å². The zero-order chi connectivity index (χ0) is 19.3. The molecule has 0 bridgehead atoms. The first-order valence-corrected chi connectivity index (χ1v) is 9.79. The fraction of sp³-hybridized carbons (Fsp3) is 0.304. The van der Waals surface area contributed by atoms with Crippen molar-refractivity contribution in [2.24, 2.45) is 0 Å². The number of aromatic nitrogens is 1. The van der Waals surface area contributed by atoms with Crippen LogP contribution in [0.1, 0.15) is 34.7 Å². The SMILES string of the molecule is Cc1oc(-c2ccccc2)nc1C(=O)NC1CCN(Cc2ccccc2)CC1. The first-order valence-electron chi connectivity index (χ1n) is 9.79. The molecule has 5 heteroatoms. The van der Waals surface area contributed by atoms with Crippen LogP contribution in [-0.4, -0.2) is 34.9 Å². The Morgan fingerprint density at radius 2 is 1.71 bits per heavy atom. The average molecular weight is 375 g/mol. The number of amides is 1. The number of nitrogens with zero attached hydrogens (tertiary/aromatic N) is 2. The maximum absolute atomic E-state index is 12.7. The smallest absolute Gasteiger partial charge is 0.273 e. The summed E-state index contributed by atoms with van der Waals surface area (Å²) in [5.41, 5.74) is 2.58. The molecule has 1 aromatic heterocycles. The highest BCUT2D eigenvalue weighted by Gasteiger charge is 2.24. The van der Waals surface area contributed by atoms with Gasteiger partial charge in [0.15, 0.2) is 5.69 Å². The number of aryl methyl sites for hydroxylation is 1. The predicted octanol–water partition coefficient (Wildman–Crippen LogP) is 4.04. The van der Waals surface area contributed by atoms with Crippen LogP contribution in [0.4, 0.5) is 0 Å². The molecule has 28 heavy (non-hydrogen) atoms. The normalized spacial score (nSPS) is 15.5. The Morgan fingerprint density at radius 3 is 2.39 bits per heavy atom. The molecule has 1 saturated heterocycles. The van der Waals surface area contributed by atoms with Gasteiger partial charge in [-0.1, -0.05) is 48.5 Å². The van der Waals surface area contributed by atoms with E-state index in [4.69, 9.17) is 4.42 Å². The minimum absolute atomic E-state index is 0.148. The van der Waals surface area contributed by atoms with Crippen molar-refractivity contribution < 1.29 is 9.21 Å². The molecule has 0 spiro atoms. The number of hydrogen-bond acceptors (Lipinski definition) is 4. The summed E-state index contributed by atoms with van der Waals surface area (Å²) in [4.78, 5) is 19.6. The Hall–Kier alpha value is -2.92. The number of nitrogens with one attached hydrogen (secondary N) is 1. The molecule has 1 N–H and O–H groups in total. The number of likely N-dealkylation sites (tertiary alicyclic amines) is 1. The van der Waals surface area contributed by atoms with Crippen LogP contribution in [-0.2, 0) is 6.54 Å². The molecule has 1 amide bonds. The van der Waals surface area contributed by atoms with Crippen LogP contribution in [0.3, 0.4) is 0 Å². The predicted molar refractivity (Wildman–Crippen MR) is 109 cm³/mol. The third kappa shape index (κ3) is 4.31. The van der Waals surface area contributed by atoms with Crippen molar-refractivity contribution in [1.82, 2.24) is 15.2 Å². The quantitative estimate of drug-likeness (QED) is 0.731. The van der Waals surface area contributed by atoms with Crippen molar-refractivity contribution in [3.63, 3.8) is 0 Å². The van der Waals surface area contributed by atoms with E-state index in [2.05, 4.69) is 39.5 Å². The summed E-state index contributed by atoms with van der Waals surface area (Å²) >= 11 is 0. The molecular weight excluding hydrogens is 350 g/mol. The van der Waals surface area contributed by atoms with E-state index in [0.29, 0.717) is 17.3 Å². The number of hydrogen-bond donors (Lipinski definition) is 1. The molecular formula is C23H25N3O2. The minimum atomic E-state index is -0.148. The summed E-state index contributed by atoms with van der Waals surface area (Å²) in [6.45, 7) is 4.71. The third-order valence-electron chi connectivity index (χ3n) is 5.20. The van der Waals surface area contributed by atoms with E-state index < -0.39 is 0 Å². The zero-order valence-electron chi connectivity index (χ0n) is 16.1. The van der Waals surface area contributed by atoms with Gasteiger partial charge in [0.25, 0.3) is 5.91 Å². The van der Waals surface area contributed by atoms with Crippen LogP contribution < -0.4 is 5.32 Å². The Morgan fingerprint density at radius 1 is 1.07 bits per heavy atom. The summed E-state index contributed by atoms with van der Waals surface area (Å²) in [5.74, 6) is 0.892. The van der Waals surface area contributed by atoms with Crippen LogP contribution >= 0.6 is 0 Å². The van der Waals surface area contributed by atoms with Gasteiger partial charge in [-0.15, -0.1) is 0 Å². The second-order valence-corrected chi connectivity index (χ2v) is 7.30. The molecule has 0 saturated carbocycles. The van der Waals surface area contributed by atoms with Gasteiger partial charge in [0.1, 0.15) is 5.76 Å². The van der Waals surface area contributed by atoms with Crippen molar-refractivity contribution in [3.8, 4) is 11.5 Å². The molecule has 4 rings (SSSR count). The van der Waals surface area contributed by atoms with E-state index in [1.807, 2.05) is 36.4 Å². The number of benzene rings is 2. The molecule has 0 unspecified atom stereocenters. The summed E-state index contributed by atoms with van der Waals surface area (Å²) < 4.78 is 5.71. The van der Waals surface area contributed by atoms with Gasteiger partial charge in [0.2, 0.25) is 5.89 Å². The first kappa shape index (κ1) is 18.4. The van der Waals surface area contributed by atoms with Crippen LogP contribution in [0, 0.1) is 6.92 Å². The maximum Gasteiger partial charge on any atom is 0.273 e. The third-order valence-corrected chi connectivity index (χ3v) is 5.20. The lowest BCUT2D eigenvalue weighted by Gasteiger charge is -2.32. The topological polar surface area (TPSA) is 58.4 Å². The maximum atomic E-state index is 12.7. The number of piperidine rings is 1. The van der Waals surface area contributed by atoms with Crippen molar-refractivity contribution in [1.29, 1.82) is 0 Å². The number of oxazole rings is 1. The molecule has 0 atom stereocenters. The molecule has 3 aromatic rings. The van der Waals surface area contributed by atoms with Crippen molar-refractivity contribution in [2.45, 2.75) is 32.4 Å². The standard InChI is InChI=1S/C23H25N3O2/c1-17-21(25-23(28-17)19-10-6-3-7-11-19)22(27)24-20-12-14-26(15-13-20)16-18-8-4-2-5-9-18/h2-11,20H,12-16H2,1H3,(H,24,27). The number of carbonyl (C=O) groups is 1. The highest BCUT2D eigenvalue weighted by Crippen LogP contribution is 2.22. The molecule has 144 valence electrons. The Bertz CT molecular complexity index is 914. The molecule has 2 heterocycles. The lowest BCUT2D eigenvalue weighted by atomic mass is 10.0. The number of rotatable bonds is 5. The van der Waals surface area contributed by atoms with Gasteiger partial charge in [0.05, 0.1) is 0 Å². The highest BCUT2D eigenvalue weighted by molar-refractivity contribution is 5.93. The van der Waals surface area contributed by atoms with Crippen molar-refractivity contribution in [3.05, 3.63) is 77.7 Å². The minimum Gasteiger partial charge on any atom is -0.441 e. The van der Waals surface area contributed by atoms with Gasteiger partial charge in [0, 0.05) is 31.2 Å². The average Bonchev–Trinajstić information content (AvgIpc) is 3.13. The number of carbonyl (C=O) groups excluding carboxylic acids is 1. The lowest BCUT2D eigenvalue weighted by Crippen LogP contribution is -2.44. The van der Waals surface area contributed by atoms with Gasteiger partial charge >= 0.3 is 0 Å². The van der Waals surface area contributed by atoms with Gasteiger partial charge in [-0.2, -0.15) is 0 Å². The largest absolute Gasteiger partial charge is 0.441 e. The van der Waals surface area contributed by atoms with Crippen molar-refractivity contribution >= 4 is 5.91 Å². The monoisotopic (exact) mass is 375 g/mol. The van der Waals surface area contributed by atoms with Crippen LogP contribution in [0.2, 0.25) is 0 Å². The van der Waals surface area contributed by atoms with Crippen LogP contribution in [0.5, 0.6) is 0 Å². The van der Waals surface area contributed by atoms with Gasteiger partial charge < -0.3 is 9.73 Å². The Kier molecular flexibility index (Phi) is 5.53. The summed E-state index contributed by atoms with van der Waals surface area (Å²) in [7, 11) is 0.